The molecule has 1 aromatic heterocycles. The number of rotatable bonds is 2. The first-order valence-corrected chi connectivity index (χ1v) is 10.1. The Kier molecular flexibility index (Phi) is 3.69. The van der Waals surface area contributed by atoms with E-state index < -0.39 is 0 Å². The second-order valence-corrected chi connectivity index (χ2v) is 8.65. The van der Waals surface area contributed by atoms with Gasteiger partial charge in [-0.3, -0.25) is 0 Å². The van der Waals surface area contributed by atoms with Crippen molar-refractivity contribution in [3.8, 4) is 0 Å². The van der Waals surface area contributed by atoms with Gasteiger partial charge in [-0.05, 0) is 76.6 Å². The van der Waals surface area contributed by atoms with E-state index >= 15 is 0 Å². The quantitative estimate of drug-likeness (QED) is 0.534. The molecule has 0 aliphatic heterocycles. The van der Waals surface area contributed by atoms with Crippen LogP contribution in [0.2, 0.25) is 0 Å². The standard InChI is InChI=1S/C21H20IN3/c22-15-7-8-18-17(11-15)20(24-13-23-18)25-19-16-6-2-1-5-14(16)12-21(19)9-3-4-10-21/h1-2,5-8,11,13,19H,3-4,9-10,12H2,(H,23,24,25). The molecule has 1 N–H and O–H groups in total. The first-order chi connectivity index (χ1) is 12.3. The molecule has 0 radical (unpaired) electrons. The molecular weight excluding hydrogens is 421 g/mol. The summed E-state index contributed by atoms with van der Waals surface area (Å²) in [4.78, 5) is 9.05. The van der Waals surface area contributed by atoms with Crippen molar-refractivity contribution in [1.29, 1.82) is 0 Å². The summed E-state index contributed by atoms with van der Waals surface area (Å²) < 4.78 is 1.21. The molecule has 1 saturated carbocycles. The first kappa shape index (κ1) is 15.6. The van der Waals surface area contributed by atoms with Crippen LogP contribution < -0.4 is 5.32 Å². The number of halogens is 1. The molecule has 1 fully saturated rings. The van der Waals surface area contributed by atoms with Gasteiger partial charge in [-0.25, -0.2) is 9.97 Å². The first-order valence-electron chi connectivity index (χ1n) is 9.00. The largest absolute Gasteiger partial charge is 0.362 e. The van der Waals surface area contributed by atoms with Crippen LogP contribution in [0.5, 0.6) is 0 Å². The van der Waals surface area contributed by atoms with Gasteiger partial charge in [0.25, 0.3) is 0 Å². The lowest BCUT2D eigenvalue weighted by molar-refractivity contribution is 0.271. The van der Waals surface area contributed by atoms with Crippen LogP contribution in [0.15, 0.2) is 48.8 Å². The maximum Gasteiger partial charge on any atom is 0.137 e. The zero-order valence-electron chi connectivity index (χ0n) is 14.0. The number of aromatic nitrogens is 2. The smallest absolute Gasteiger partial charge is 0.137 e. The van der Waals surface area contributed by atoms with Crippen LogP contribution in [0.3, 0.4) is 0 Å². The second-order valence-electron chi connectivity index (χ2n) is 7.41. The molecular formula is C21H20IN3. The molecule has 5 rings (SSSR count). The van der Waals surface area contributed by atoms with E-state index in [0.29, 0.717) is 11.5 Å². The summed E-state index contributed by atoms with van der Waals surface area (Å²) in [5.74, 6) is 0.969. The average molecular weight is 441 g/mol. The predicted molar refractivity (Wildman–Crippen MR) is 110 cm³/mol. The van der Waals surface area contributed by atoms with E-state index in [1.807, 2.05) is 0 Å². The Morgan fingerprint density at radius 2 is 1.88 bits per heavy atom. The minimum absolute atomic E-state index is 0.349. The molecule has 1 atom stereocenters. The highest BCUT2D eigenvalue weighted by atomic mass is 127. The van der Waals surface area contributed by atoms with E-state index in [4.69, 9.17) is 0 Å². The molecule has 0 bridgehead atoms. The highest BCUT2D eigenvalue weighted by Gasteiger charge is 2.47. The summed E-state index contributed by atoms with van der Waals surface area (Å²) in [5, 5.41) is 4.96. The second kappa shape index (κ2) is 5.94. The maximum absolute atomic E-state index is 4.61. The van der Waals surface area contributed by atoms with Crippen molar-refractivity contribution in [3.63, 3.8) is 0 Å². The average Bonchev–Trinajstić information content (AvgIpc) is 3.21. The third-order valence-electron chi connectivity index (χ3n) is 6.00. The van der Waals surface area contributed by atoms with Crippen molar-refractivity contribution in [1.82, 2.24) is 9.97 Å². The van der Waals surface area contributed by atoms with Gasteiger partial charge in [0.1, 0.15) is 12.1 Å². The normalized spacial score (nSPS) is 20.9. The number of hydrogen-bond donors (Lipinski definition) is 1. The van der Waals surface area contributed by atoms with Crippen molar-refractivity contribution in [2.24, 2.45) is 5.41 Å². The highest BCUT2D eigenvalue weighted by Crippen LogP contribution is 2.56. The van der Waals surface area contributed by atoms with Crippen LogP contribution in [-0.4, -0.2) is 9.97 Å². The van der Waals surface area contributed by atoms with Crippen molar-refractivity contribution in [2.75, 3.05) is 5.32 Å². The topological polar surface area (TPSA) is 37.8 Å². The van der Waals surface area contributed by atoms with E-state index in [1.54, 1.807) is 6.33 Å². The monoisotopic (exact) mass is 441 g/mol. The van der Waals surface area contributed by atoms with Gasteiger partial charge in [0.2, 0.25) is 0 Å². The lowest BCUT2D eigenvalue weighted by Gasteiger charge is -2.33. The Hall–Kier alpha value is -1.69. The van der Waals surface area contributed by atoms with Gasteiger partial charge in [0.05, 0.1) is 11.6 Å². The summed E-state index contributed by atoms with van der Waals surface area (Å²) in [5.41, 5.74) is 4.32. The number of nitrogens with one attached hydrogen (secondary N) is 1. The van der Waals surface area contributed by atoms with Gasteiger partial charge in [-0.1, -0.05) is 37.1 Å². The molecule has 1 unspecified atom stereocenters. The van der Waals surface area contributed by atoms with E-state index in [9.17, 15) is 0 Å². The van der Waals surface area contributed by atoms with Crippen molar-refractivity contribution < 1.29 is 0 Å². The molecule has 1 spiro atoms. The third-order valence-corrected chi connectivity index (χ3v) is 6.67. The molecule has 3 aromatic rings. The minimum atomic E-state index is 0.349. The fraction of sp³-hybridized carbons (Fsp3) is 0.333. The van der Waals surface area contributed by atoms with Crippen LogP contribution in [0.1, 0.15) is 42.9 Å². The minimum Gasteiger partial charge on any atom is -0.362 e. The van der Waals surface area contributed by atoms with Gasteiger partial charge >= 0.3 is 0 Å². The maximum atomic E-state index is 4.61. The van der Waals surface area contributed by atoms with Crippen molar-refractivity contribution in [3.05, 3.63) is 63.5 Å². The van der Waals surface area contributed by atoms with Gasteiger partial charge < -0.3 is 5.32 Å². The molecule has 126 valence electrons. The zero-order chi connectivity index (χ0) is 16.9. The zero-order valence-corrected chi connectivity index (χ0v) is 16.2. The summed E-state index contributed by atoms with van der Waals surface area (Å²) >= 11 is 2.36. The van der Waals surface area contributed by atoms with Gasteiger partial charge in [0, 0.05) is 8.96 Å². The lowest BCUT2D eigenvalue weighted by atomic mass is 9.79. The number of anilines is 1. The molecule has 4 heteroatoms. The SMILES string of the molecule is Ic1ccc2ncnc(NC3c4ccccc4CC34CCCC4)c2c1. The van der Waals surface area contributed by atoms with Crippen LogP contribution in [0.4, 0.5) is 5.82 Å². The van der Waals surface area contributed by atoms with E-state index in [1.165, 1.54) is 46.8 Å². The number of hydrogen-bond acceptors (Lipinski definition) is 3. The predicted octanol–water partition coefficient (Wildman–Crippen LogP) is 5.50. The van der Waals surface area contributed by atoms with Crippen LogP contribution >= 0.6 is 22.6 Å². The number of benzene rings is 2. The Bertz CT molecular complexity index is 947. The molecule has 3 nitrogen and oxygen atoms in total. The third kappa shape index (κ3) is 2.53. The molecule has 25 heavy (non-hydrogen) atoms. The Morgan fingerprint density at radius 3 is 2.76 bits per heavy atom. The van der Waals surface area contributed by atoms with Gasteiger partial charge in [-0.2, -0.15) is 0 Å². The Balaban J connectivity index is 1.62. The molecule has 2 aromatic carbocycles. The summed E-state index contributed by atoms with van der Waals surface area (Å²) in [6.45, 7) is 0. The number of fused-ring (bicyclic) bond motifs is 2. The van der Waals surface area contributed by atoms with E-state index in [2.05, 4.69) is 80.3 Å². The molecule has 2 aliphatic rings. The van der Waals surface area contributed by atoms with E-state index in [0.717, 1.165) is 16.7 Å². The van der Waals surface area contributed by atoms with Crippen LogP contribution in [0.25, 0.3) is 10.9 Å². The lowest BCUT2D eigenvalue weighted by Crippen LogP contribution is -2.28. The fourth-order valence-electron chi connectivity index (χ4n) is 4.84. The Morgan fingerprint density at radius 1 is 1.04 bits per heavy atom. The van der Waals surface area contributed by atoms with Crippen LogP contribution in [-0.2, 0) is 6.42 Å². The summed E-state index contributed by atoms with van der Waals surface area (Å²) in [6, 6.07) is 15.7. The fourth-order valence-corrected chi connectivity index (χ4v) is 5.34. The Labute approximate surface area is 161 Å². The van der Waals surface area contributed by atoms with Gasteiger partial charge in [0.15, 0.2) is 0 Å². The molecule has 0 amide bonds. The molecule has 0 saturated heterocycles. The summed E-state index contributed by atoms with van der Waals surface area (Å²) in [7, 11) is 0. The van der Waals surface area contributed by atoms with Gasteiger partial charge in [-0.15, -0.1) is 0 Å². The molecule has 2 aliphatic carbocycles. The van der Waals surface area contributed by atoms with E-state index in [-0.39, 0.29) is 0 Å². The number of nitrogens with zero attached hydrogens (tertiary/aromatic N) is 2. The van der Waals surface area contributed by atoms with Crippen molar-refractivity contribution >= 4 is 39.3 Å². The highest BCUT2D eigenvalue weighted by molar-refractivity contribution is 14.1. The molecule has 1 heterocycles. The van der Waals surface area contributed by atoms with Crippen molar-refractivity contribution in [2.45, 2.75) is 38.1 Å². The summed E-state index contributed by atoms with van der Waals surface area (Å²) in [6.07, 6.45) is 8.17. The van der Waals surface area contributed by atoms with Crippen LogP contribution in [0, 0.1) is 8.99 Å².